The molecule has 0 saturated carbocycles. The van der Waals surface area contributed by atoms with Crippen molar-refractivity contribution in [2.45, 2.75) is 26.3 Å². The van der Waals surface area contributed by atoms with E-state index in [1.807, 2.05) is 38.1 Å². The van der Waals surface area contributed by atoms with Crippen LogP contribution in [0.4, 0.5) is 0 Å². The van der Waals surface area contributed by atoms with Gasteiger partial charge in [0, 0.05) is 30.8 Å². The van der Waals surface area contributed by atoms with E-state index in [9.17, 15) is 4.79 Å². The molecule has 0 unspecified atom stereocenters. The predicted molar refractivity (Wildman–Crippen MR) is 79.6 cm³/mol. The predicted octanol–water partition coefficient (Wildman–Crippen LogP) is 2.47. The Kier molecular flexibility index (Phi) is 4.69. The van der Waals surface area contributed by atoms with Crippen molar-refractivity contribution in [1.82, 2.24) is 9.88 Å². The quantitative estimate of drug-likeness (QED) is 0.909. The van der Waals surface area contributed by atoms with Gasteiger partial charge in [0.25, 0.3) is 5.91 Å². The number of pyridine rings is 1. The molecular weight excluding hydrogens is 252 g/mol. The van der Waals surface area contributed by atoms with Crippen LogP contribution in [0.25, 0.3) is 10.9 Å². The first-order valence-electron chi connectivity index (χ1n) is 6.90. The highest BCUT2D eigenvalue weighted by molar-refractivity contribution is 6.06. The first-order chi connectivity index (χ1) is 9.65. The summed E-state index contributed by atoms with van der Waals surface area (Å²) >= 11 is 0. The molecule has 1 aromatic heterocycles. The smallest absolute Gasteiger partial charge is 0.254 e. The van der Waals surface area contributed by atoms with Crippen LogP contribution in [0.3, 0.4) is 0 Å². The average Bonchev–Trinajstić information content (AvgIpc) is 2.46. The summed E-state index contributed by atoms with van der Waals surface area (Å²) in [5.74, 6) is -0.00736. The Bertz CT molecular complexity index is 591. The van der Waals surface area contributed by atoms with Gasteiger partial charge >= 0.3 is 0 Å². The molecule has 0 atom stereocenters. The Hall–Kier alpha value is -1.94. The van der Waals surface area contributed by atoms with E-state index in [1.165, 1.54) is 0 Å². The van der Waals surface area contributed by atoms with E-state index < -0.39 is 0 Å². The van der Waals surface area contributed by atoms with E-state index in [2.05, 4.69) is 4.98 Å². The SMILES string of the molecule is CC(C)N(CCCO)C(=O)c1ccnc2ccccc12. The largest absolute Gasteiger partial charge is 0.396 e. The van der Waals surface area contributed by atoms with Crippen LogP contribution in [0.1, 0.15) is 30.6 Å². The normalized spacial score (nSPS) is 11.0. The third-order valence-corrected chi connectivity index (χ3v) is 3.32. The molecule has 0 aliphatic rings. The minimum absolute atomic E-state index is 0.00736. The van der Waals surface area contributed by atoms with Crippen molar-refractivity contribution in [2.75, 3.05) is 13.2 Å². The number of hydrogen-bond acceptors (Lipinski definition) is 3. The number of carbonyl (C=O) groups excluding carboxylic acids is 1. The number of carbonyl (C=O) groups is 1. The van der Waals surface area contributed by atoms with Crippen molar-refractivity contribution < 1.29 is 9.90 Å². The standard InChI is InChI=1S/C16H20N2O2/c1-12(2)18(10-5-11-19)16(20)14-8-9-17-15-7-4-3-6-13(14)15/h3-4,6-9,12,19H,5,10-11H2,1-2H3. The lowest BCUT2D eigenvalue weighted by Crippen LogP contribution is -2.38. The van der Waals surface area contributed by atoms with Gasteiger partial charge in [-0.3, -0.25) is 9.78 Å². The van der Waals surface area contributed by atoms with Gasteiger partial charge in [-0.25, -0.2) is 0 Å². The van der Waals surface area contributed by atoms with E-state index in [1.54, 1.807) is 17.2 Å². The van der Waals surface area contributed by atoms with Crippen molar-refractivity contribution in [3.8, 4) is 0 Å². The van der Waals surface area contributed by atoms with Crippen molar-refractivity contribution in [1.29, 1.82) is 0 Å². The molecule has 20 heavy (non-hydrogen) atoms. The fourth-order valence-corrected chi connectivity index (χ4v) is 2.27. The Morgan fingerprint density at radius 2 is 2.05 bits per heavy atom. The van der Waals surface area contributed by atoms with Crippen LogP contribution in [0.15, 0.2) is 36.5 Å². The molecular formula is C16H20N2O2. The molecule has 4 nitrogen and oxygen atoms in total. The summed E-state index contributed by atoms with van der Waals surface area (Å²) in [7, 11) is 0. The Morgan fingerprint density at radius 1 is 1.30 bits per heavy atom. The van der Waals surface area contributed by atoms with Crippen molar-refractivity contribution in [3.05, 3.63) is 42.1 Å². The minimum Gasteiger partial charge on any atom is -0.396 e. The summed E-state index contributed by atoms with van der Waals surface area (Å²) in [6.45, 7) is 4.62. The van der Waals surface area contributed by atoms with E-state index in [4.69, 9.17) is 5.11 Å². The number of aliphatic hydroxyl groups excluding tert-OH is 1. The molecule has 106 valence electrons. The Morgan fingerprint density at radius 3 is 2.75 bits per heavy atom. The lowest BCUT2D eigenvalue weighted by molar-refractivity contribution is 0.0695. The summed E-state index contributed by atoms with van der Waals surface area (Å²) < 4.78 is 0. The molecule has 0 radical (unpaired) electrons. The molecule has 0 aliphatic carbocycles. The van der Waals surface area contributed by atoms with Gasteiger partial charge in [0.05, 0.1) is 11.1 Å². The summed E-state index contributed by atoms with van der Waals surface area (Å²) in [6.07, 6.45) is 2.26. The van der Waals surface area contributed by atoms with E-state index in [0.717, 1.165) is 10.9 Å². The molecule has 0 bridgehead atoms. The van der Waals surface area contributed by atoms with Gasteiger partial charge in [-0.2, -0.15) is 0 Å². The number of hydrogen-bond donors (Lipinski definition) is 1. The van der Waals surface area contributed by atoms with Crippen LogP contribution in [-0.4, -0.2) is 40.1 Å². The van der Waals surface area contributed by atoms with Gasteiger partial charge in [0.2, 0.25) is 0 Å². The minimum atomic E-state index is -0.00736. The molecule has 0 fully saturated rings. The second-order valence-corrected chi connectivity index (χ2v) is 5.05. The summed E-state index contributed by atoms with van der Waals surface area (Å²) in [6, 6.07) is 9.50. The van der Waals surface area contributed by atoms with Crippen molar-refractivity contribution >= 4 is 16.8 Å². The van der Waals surface area contributed by atoms with Gasteiger partial charge < -0.3 is 10.0 Å². The lowest BCUT2D eigenvalue weighted by atomic mass is 10.1. The number of nitrogens with zero attached hydrogens (tertiary/aromatic N) is 2. The molecule has 1 amide bonds. The number of aliphatic hydroxyl groups is 1. The van der Waals surface area contributed by atoms with Gasteiger partial charge in [-0.15, -0.1) is 0 Å². The van der Waals surface area contributed by atoms with Crippen LogP contribution >= 0.6 is 0 Å². The average molecular weight is 272 g/mol. The fourth-order valence-electron chi connectivity index (χ4n) is 2.27. The number of benzene rings is 1. The maximum Gasteiger partial charge on any atom is 0.254 e. The number of fused-ring (bicyclic) bond motifs is 1. The first kappa shape index (κ1) is 14.5. The topological polar surface area (TPSA) is 53.4 Å². The highest BCUT2D eigenvalue weighted by Crippen LogP contribution is 2.19. The lowest BCUT2D eigenvalue weighted by Gasteiger charge is -2.27. The molecule has 1 N–H and O–H groups in total. The highest BCUT2D eigenvalue weighted by Gasteiger charge is 2.20. The second-order valence-electron chi connectivity index (χ2n) is 5.05. The Balaban J connectivity index is 2.38. The summed E-state index contributed by atoms with van der Waals surface area (Å²) in [4.78, 5) is 18.8. The molecule has 1 heterocycles. The van der Waals surface area contributed by atoms with E-state index >= 15 is 0 Å². The third kappa shape index (κ3) is 2.96. The summed E-state index contributed by atoms with van der Waals surface area (Å²) in [5, 5.41) is 9.84. The van der Waals surface area contributed by atoms with Crippen molar-refractivity contribution in [2.24, 2.45) is 0 Å². The van der Waals surface area contributed by atoms with Crippen LogP contribution in [0.2, 0.25) is 0 Å². The number of aromatic nitrogens is 1. The molecule has 1 aromatic carbocycles. The molecule has 0 spiro atoms. The van der Waals surface area contributed by atoms with E-state index in [-0.39, 0.29) is 18.6 Å². The van der Waals surface area contributed by atoms with Gasteiger partial charge in [-0.1, -0.05) is 18.2 Å². The summed E-state index contributed by atoms with van der Waals surface area (Å²) in [5.41, 5.74) is 1.49. The second kappa shape index (κ2) is 6.48. The molecule has 2 aromatic rings. The monoisotopic (exact) mass is 272 g/mol. The fraction of sp³-hybridized carbons (Fsp3) is 0.375. The Labute approximate surface area is 119 Å². The van der Waals surface area contributed by atoms with Crippen molar-refractivity contribution in [3.63, 3.8) is 0 Å². The van der Waals surface area contributed by atoms with E-state index in [0.29, 0.717) is 18.5 Å². The maximum absolute atomic E-state index is 12.7. The van der Waals surface area contributed by atoms with Crippen LogP contribution in [-0.2, 0) is 0 Å². The van der Waals surface area contributed by atoms with Crippen LogP contribution in [0, 0.1) is 0 Å². The van der Waals surface area contributed by atoms with Gasteiger partial charge in [-0.05, 0) is 32.4 Å². The number of para-hydroxylation sites is 1. The highest BCUT2D eigenvalue weighted by atomic mass is 16.3. The maximum atomic E-state index is 12.7. The van der Waals surface area contributed by atoms with Crippen LogP contribution in [0.5, 0.6) is 0 Å². The third-order valence-electron chi connectivity index (χ3n) is 3.32. The molecule has 0 aliphatic heterocycles. The molecule has 0 saturated heterocycles. The zero-order valence-electron chi connectivity index (χ0n) is 11.9. The molecule has 2 rings (SSSR count). The van der Waals surface area contributed by atoms with Gasteiger partial charge in [0.1, 0.15) is 0 Å². The zero-order chi connectivity index (χ0) is 14.5. The first-order valence-corrected chi connectivity index (χ1v) is 6.90. The van der Waals surface area contributed by atoms with Crippen LogP contribution < -0.4 is 0 Å². The number of rotatable bonds is 5. The zero-order valence-corrected chi connectivity index (χ0v) is 11.9. The van der Waals surface area contributed by atoms with Gasteiger partial charge in [0.15, 0.2) is 0 Å². The molecule has 4 heteroatoms. The number of amides is 1.